The van der Waals surface area contributed by atoms with Crippen molar-refractivity contribution in [1.82, 2.24) is 0 Å². The van der Waals surface area contributed by atoms with Crippen LogP contribution in [0.5, 0.6) is 0 Å². The fourth-order valence-electron chi connectivity index (χ4n) is 1.43. The standard InChI is InChI=1S/C10H22BNO/c11-9-7-5-3-1-2-4-6-8-10(12)13/h1-9,11H2,(H2,12,13). The molecule has 2 nitrogen and oxygen atoms in total. The summed E-state index contributed by atoms with van der Waals surface area (Å²) in [5.74, 6) is -0.161. The van der Waals surface area contributed by atoms with Gasteiger partial charge < -0.3 is 5.73 Å². The highest BCUT2D eigenvalue weighted by atomic mass is 16.1. The minimum Gasteiger partial charge on any atom is -0.370 e. The molecule has 0 radical (unpaired) electrons. The highest BCUT2D eigenvalue weighted by Gasteiger charge is 1.94. The van der Waals surface area contributed by atoms with E-state index in [1.54, 1.807) is 0 Å². The van der Waals surface area contributed by atoms with Crippen LogP contribution in [0.15, 0.2) is 0 Å². The van der Waals surface area contributed by atoms with Crippen molar-refractivity contribution in [2.24, 2.45) is 5.73 Å². The molecule has 0 spiro atoms. The van der Waals surface area contributed by atoms with E-state index in [2.05, 4.69) is 7.85 Å². The molecule has 0 aromatic rings. The van der Waals surface area contributed by atoms with Crippen LogP contribution in [0, 0.1) is 0 Å². The van der Waals surface area contributed by atoms with E-state index in [0.29, 0.717) is 6.42 Å². The first-order valence-corrected chi connectivity index (χ1v) is 5.55. The summed E-state index contributed by atoms with van der Waals surface area (Å²) in [4.78, 5) is 10.4. The predicted molar refractivity (Wildman–Crippen MR) is 59.5 cm³/mol. The first-order valence-electron chi connectivity index (χ1n) is 5.55. The number of nitrogens with two attached hydrogens (primary N) is 1. The van der Waals surface area contributed by atoms with E-state index in [9.17, 15) is 4.79 Å². The van der Waals surface area contributed by atoms with Crippen molar-refractivity contribution in [3.8, 4) is 0 Å². The van der Waals surface area contributed by atoms with Gasteiger partial charge in [0.15, 0.2) is 0 Å². The lowest BCUT2D eigenvalue weighted by atomic mass is 9.98. The smallest absolute Gasteiger partial charge is 0.217 e. The zero-order valence-corrected chi connectivity index (χ0v) is 8.85. The molecule has 0 aromatic carbocycles. The van der Waals surface area contributed by atoms with Gasteiger partial charge in [-0.3, -0.25) is 4.79 Å². The predicted octanol–water partition coefficient (Wildman–Crippen LogP) is 1.64. The number of rotatable bonds is 9. The first-order chi connectivity index (χ1) is 6.27. The number of unbranched alkanes of at least 4 members (excludes halogenated alkanes) is 6. The molecule has 3 heteroatoms. The van der Waals surface area contributed by atoms with Crippen LogP contribution < -0.4 is 5.73 Å². The van der Waals surface area contributed by atoms with Crippen molar-refractivity contribution in [1.29, 1.82) is 0 Å². The Morgan fingerprint density at radius 2 is 1.38 bits per heavy atom. The van der Waals surface area contributed by atoms with Gasteiger partial charge in [-0.25, -0.2) is 0 Å². The van der Waals surface area contributed by atoms with Gasteiger partial charge in [-0.05, 0) is 6.42 Å². The van der Waals surface area contributed by atoms with Gasteiger partial charge in [-0.1, -0.05) is 44.8 Å². The molecule has 0 aliphatic heterocycles. The van der Waals surface area contributed by atoms with E-state index in [1.165, 1.54) is 38.4 Å². The molecule has 0 rings (SSSR count). The van der Waals surface area contributed by atoms with E-state index in [1.807, 2.05) is 0 Å². The highest BCUT2D eigenvalue weighted by molar-refractivity contribution is 6.08. The lowest BCUT2D eigenvalue weighted by molar-refractivity contribution is -0.118. The Morgan fingerprint density at radius 1 is 0.923 bits per heavy atom. The van der Waals surface area contributed by atoms with Crippen LogP contribution >= 0.6 is 0 Å². The Morgan fingerprint density at radius 3 is 1.85 bits per heavy atom. The monoisotopic (exact) mass is 183 g/mol. The van der Waals surface area contributed by atoms with E-state index in [-0.39, 0.29) is 5.91 Å². The second-order valence-corrected chi connectivity index (χ2v) is 3.69. The fourth-order valence-corrected chi connectivity index (χ4v) is 1.43. The molecule has 0 heterocycles. The summed E-state index contributed by atoms with van der Waals surface area (Å²) >= 11 is 0. The average Bonchev–Trinajstić information content (AvgIpc) is 2.09. The quantitative estimate of drug-likeness (QED) is 0.428. The molecule has 0 bridgehead atoms. The van der Waals surface area contributed by atoms with Crippen LogP contribution in [0.25, 0.3) is 0 Å². The lowest BCUT2D eigenvalue weighted by Gasteiger charge is -1.99. The van der Waals surface area contributed by atoms with Crippen LogP contribution in [0.1, 0.15) is 51.4 Å². The van der Waals surface area contributed by atoms with Crippen LogP contribution in [-0.4, -0.2) is 13.8 Å². The molecule has 0 saturated heterocycles. The van der Waals surface area contributed by atoms with Crippen molar-refractivity contribution in [2.75, 3.05) is 0 Å². The van der Waals surface area contributed by atoms with Gasteiger partial charge in [0.2, 0.25) is 5.91 Å². The molecule has 0 aromatic heterocycles. The normalized spacial score (nSPS) is 10.2. The summed E-state index contributed by atoms with van der Waals surface area (Å²) in [6.45, 7) is 0. The van der Waals surface area contributed by atoms with Gasteiger partial charge in [0.05, 0.1) is 0 Å². The van der Waals surface area contributed by atoms with Crippen molar-refractivity contribution in [3.63, 3.8) is 0 Å². The number of hydrogen-bond acceptors (Lipinski definition) is 1. The van der Waals surface area contributed by atoms with Gasteiger partial charge in [-0.2, -0.15) is 0 Å². The van der Waals surface area contributed by atoms with Crippen molar-refractivity contribution >= 4 is 13.8 Å². The maximum Gasteiger partial charge on any atom is 0.217 e. The van der Waals surface area contributed by atoms with E-state index < -0.39 is 0 Å². The second kappa shape index (κ2) is 9.62. The van der Waals surface area contributed by atoms with Crippen molar-refractivity contribution in [3.05, 3.63) is 0 Å². The Labute approximate surface area is 82.7 Å². The van der Waals surface area contributed by atoms with Crippen LogP contribution in [0.4, 0.5) is 0 Å². The summed E-state index contributed by atoms with van der Waals surface area (Å²) in [6, 6.07) is 0. The van der Waals surface area contributed by atoms with Gasteiger partial charge >= 0.3 is 0 Å². The maximum atomic E-state index is 10.4. The molecule has 1 amide bonds. The third-order valence-corrected chi connectivity index (χ3v) is 2.28. The Hall–Kier alpha value is -0.465. The number of carbonyl (C=O) groups is 1. The molecular weight excluding hydrogens is 161 g/mol. The van der Waals surface area contributed by atoms with E-state index >= 15 is 0 Å². The number of carbonyl (C=O) groups excluding carboxylic acids is 1. The lowest BCUT2D eigenvalue weighted by Crippen LogP contribution is -2.09. The molecule has 0 aliphatic rings. The topological polar surface area (TPSA) is 43.1 Å². The average molecular weight is 183 g/mol. The second-order valence-electron chi connectivity index (χ2n) is 3.69. The number of hydrogen-bond donors (Lipinski definition) is 1. The molecule has 0 fully saturated rings. The van der Waals surface area contributed by atoms with E-state index in [4.69, 9.17) is 5.73 Å². The highest BCUT2D eigenvalue weighted by Crippen LogP contribution is 2.08. The number of amides is 1. The Kier molecular flexibility index (Phi) is 9.28. The molecule has 0 atom stereocenters. The van der Waals surface area contributed by atoms with Crippen molar-refractivity contribution in [2.45, 2.75) is 57.7 Å². The zero-order chi connectivity index (χ0) is 9.94. The summed E-state index contributed by atoms with van der Waals surface area (Å²) in [5.41, 5.74) is 5.03. The van der Waals surface area contributed by atoms with Gasteiger partial charge in [0.1, 0.15) is 7.85 Å². The molecule has 0 aliphatic carbocycles. The van der Waals surface area contributed by atoms with Gasteiger partial charge in [0, 0.05) is 6.42 Å². The minimum atomic E-state index is -0.161. The largest absolute Gasteiger partial charge is 0.370 e. The van der Waals surface area contributed by atoms with Crippen molar-refractivity contribution < 1.29 is 4.79 Å². The van der Waals surface area contributed by atoms with Gasteiger partial charge in [-0.15, -0.1) is 0 Å². The molecular formula is C10H22BNO. The molecule has 2 N–H and O–H groups in total. The Bertz CT molecular complexity index is 128. The summed E-state index contributed by atoms with van der Waals surface area (Å²) in [6.07, 6.45) is 10.7. The molecule has 0 saturated carbocycles. The van der Waals surface area contributed by atoms with Crippen LogP contribution in [0.2, 0.25) is 6.32 Å². The third kappa shape index (κ3) is 11.5. The maximum absolute atomic E-state index is 10.4. The minimum absolute atomic E-state index is 0.161. The SMILES string of the molecule is BCCCCCCCCCC(N)=O. The summed E-state index contributed by atoms with van der Waals surface area (Å²) in [5, 5.41) is 0. The summed E-state index contributed by atoms with van der Waals surface area (Å²) < 4.78 is 0. The van der Waals surface area contributed by atoms with Crippen LogP contribution in [-0.2, 0) is 4.79 Å². The molecule has 0 unspecified atom stereocenters. The van der Waals surface area contributed by atoms with Gasteiger partial charge in [0.25, 0.3) is 0 Å². The summed E-state index contributed by atoms with van der Waals surface area (Å²) in [7, 11) is 2.23. The van der Waals surface area contributed by atoms with Crippen LogP contribution in [0.3, 0.4) is 0 Å². The Balaban J connectivity index is 2.87. The molecule has 76 valence electrons. The fraction of sp³-hybridized carbons (Fsp3) is 0.900. The first kappa shape index (κ1) is 12.5. The zero-order valence-electron chi connectivity index (χ0n) is 8.85. The molecule has 13 heavy (non-hydrogen) atoms. The number of primary amides is 1. The van der Waals surface area contributed by atoms with E-state index in [0.717, 1.165) is 12.8 Å². The third-order valence-electron chi connectivity index (χ3n) is 2.28.